The predicted molar refractivity (Wildman–Crippen MR) is 146 cm³/mol. The molecule has 188 valence electrons. The van der Waals surface area contributed by atoms with E-state index >= 15 is 0 Å². The van der Waals surface area contributed by atoms with Crippen molar-refractivity contribution < 1.29 is 9.59 Å². The van der Waals surface area contributed by atoms with Crippen LogP contribution in [0.5, 0.6) is 0 Å². The number of carbonyl (C=O) groups excluding carboxylic acids is 2. The number of thiophene rings is 1. The van der Waals surface area contributed by atoms with Crippen LogP contribution in [0.1, 0.15) is 45.7 Å². The van der Waals surface area contributed by atoms with Crippen LogP contribution in [0, 0.1) is 0 Å². The number of piperazine rings is 1. The average molecular weight is 543 g/mol. The maximum absolute atomic E-state index is 13.2. The third kappa shape index (κ3) is 5.18. The van der Waals surface area contributed by atoms with E-state index in [-0.39, 0.29) is 23.9 Å². The van der Waals surface area contributed by atoms with Gasteiger partial charge in [-0.15, -0.1) is 11.3 Å². The molecule has 0 spiro atoms. The summed E-state index contributed by atoms with van der Waals surface area (Å²) in [6, 6.07) is 17.8. The smallest absolute Gasteiger partial charge is 0.255 e. The summed E-state index contributed by atoms with van der Waals surface area (Å²) in [5.74, 6) is 0.0169. The summed E-state index contributed by atoms with van der Waals surface area (Å²) in [6.07, 6.45) is 1.49. The number of halogens is 2. The minimum Gasteiger partial charge on any atom is -0.339 e. The Bertz CT molecular complexity index is 1250. The van der Waals surface area contributed by atoms with Gasteiger partial charge < -0.3 is 9.80 Å². The standard InChI is InChI=1S/C28H29Cl2N3O2S/c1-19-18-32(14-15-33(19)28(35)22-8-7-21(29)17-24(22)30)26(34)10-13-31-12-9-25-23(11-16-36-25)27(31)20-5-3-2-4-6-20/h2-8,11,16-17,19,27H,9-10,12-15,18H2,1H3/t19-,27+/m1/s1. The molecule has 36 heavy (non-hydrogen) atoms. The molecule has 0 unspecified atom stereocenters. The number of fused-ring (bicyclic) bond motifs is 1. The molecule has 2 aliphatic rings. The van der Waals surface area contributed by atoms with Crippen molar-refractivity contribution in [3.8, 4) is 0 Å². The molecule has 5 rings (SSSR count). The van der Waals surface area contributed by atoms with Crippen LogP contribution in [0.2, 0.25) is 10.0 Å². The van der Waals surface area contributed by atoms with Crippen LogP contribution in [0.4, 0.5) is 0 Å². The SMILES string of the molecule is C[C@@H]1CN(C(=O)CCN2CCc3sccc3[C@@H]2c2ccccc2)CCN1C(=O)c1ccc(Cl)cc1Cl. The molecule has 3 aromatic rings. The van der Waals surface area contributed by atoms with Crippen molar-refractivity contribution in [3.05, 3.63) is 91.6 Å². The van der Waals surface area contributed by atoms with E-state index in [1.54, 1.807) is 23.1 Å². The number of hydrogen-bond acceptors (Lipinski definition) is 4. The van der Waals surface area contributed by atoms with E-state index in [1.165, 1.54) is 16.0 Å². The molecular weight excluding hydrogens is 513 g/mol. The molecule has 0 radical (unpaired) electrons. The average Bonchev–Trinajstić information content (AvgIpc) is 3.36. The van der Waals surface area contributed by atoms with Crippen molar-refractivity contribution in [2.24, 2.45) is 0 Å². The lowest BCUT2D eigenvalue weighted by Gasteiger charge is -2.41. The van der Waals surface area contributed by atoms with Gasteiger partial charge in [-0.25, -0.2) is 0 Å². The van der Waals surface area contributed by atoms with Gasteiger partial charge in [-0.1, -0.05) is 53.5 Å². The van der Waals surface area contributed by atoms with E-state index in [0.29, 0.717) is 48.2 Å². The van der Waals surface area contributed by atoms with E-state index in [4.69, 9.17) is 23.2 Å². The highest BCUT2D eigenvalue weighted by atomic mass is 35.5. The Kier molecular flexibility index (Phi) is 7.68. The molecule has 2 atom stereocenters. The molecule has 1 fully saturated rings. The van der Waals surface area contributed by atoms with Gasteiger partial charge in [0.25, 0.3) is 5.91 Å². The highest BCUT2D eigenvalue weighted by Gasteiger charge is 2.33. The second-order valence-electron chi connectivity index (χ2n) is 9.46. The van der Waals surface area contributed by atoms with E-state index < -0.39 is 0 Å². The van der Waals surface area contributed by atoms with E-state index in [1.807, 2.05) is 29.2 Å². The first-order valence-corrected chi connectivity index (χ1v) is 13.9. The lowest BCUT2D eigenvalue weighted by Crippen LogP contribution is -2.55. The zero-order valence-electron chi connectivity index (χ0n) is 20.2. The molecular formula is C28H29Cl2N3O2S. The van der Waals surface area contributed by atoms with Gasteiger partial charge in [-0.3, -0.25) is 14.5 Å². The molecule has 8 heteroatoms. The molecule has 2 aromatic carbocycles. The van der Waals surface area contributed by atoms with Crippen LogP contribution < -0.4 is 0 Å². The number of rotatable bonds is 5. The van der Waals surface area contributed by atoms with Crippen LogP contribution in [-0.2, 0) is 11.2 Å². The third-order valence-electron chi connectivity index (χ3n) is 7.20. The lowest BCUT2D eigenvalue weighted by atomic mass is 9.93. The number of hydrogen-bond donors (Lipinski definition) is 0. The van der Waals surface area contributed by atoms with E-state index in [9.17, 15) is 9.59 Å². The predicted octanol–water partition coefficient (Wildman–Crippen LogP) is 5.77. The van der Waals surface area contributed by atoms with Crippen molar-refractivity contribution >= 4 is 46.4 Å². The second-order valence-corrected chi connectivity index (χ2v) is 11.3. The number of carbonyl (C=O) groups is 2. The van der Waals surface area contributed by atoms with Crippen LogP contribution >= 0.6 is 34.5 Å². The van der Waals surface area contributed by atoms with Crippen LogP contribution in [0.15, 0.2) is 60.0 Å². The van der Waals surface area contributed by atoms with Crippen LogP contribution in [0.25, 0.3) is 0 Å². The Hall–Kier alpha value is -2.38. The fourth-order valence-corrected chi connectivity index (χ4v) is 6.73. The van der Waals surface area contributed by atoms with Crippen molar-refractivity contribution in [1.29, 1.82) is 0 Å². The maximum atomic E-state index is 13.2. The fraction of sp³-hybridized carbons (Fsp3) is 0.357. The summed E-state index contributed by atoms with van der Waals surface area (Å²) in [6.45, 7) is 5.17. The molecule has 3 heterocycles. The molecule has 1 aromatic heterocycles. The lowest BCUT2D eigenvalue weighted by molar-refractivity contribution is -0.134. The van der Waals surface area contributed by atoms with Crippen molar-refractivity contribution in [3.63, 3.8) is 0 Å². The van der Waals surface area contributed by atoms with Gasteiger partial charge in [0.1, 0.15) is 0 Å². The largest absolute Gasteiger partial charge is 0.339 e. The number of nitrogens with zero attached hydrogens (tertiary/aromatic N) is 3. The quantitative estimate of drug-likeness (QED) is 0.412. The topological polar surface area (TPSA) is 43.9 Å². The highest BCUT2D eigenvalue weighted by Crippen LogP contribution is 2.37. The number of amides is 2. The summed E-state index contributed by atoms with van der Waals surface area (Å²) in [5, 5.41) is 3.02. The van der Waals surface area contributed by atoms with Gasteiger partial charge in [0.15, 0.2) is 0 Å². The first-order chi connectivity index (χ1) is 17.4. The monoisotopic (exact) mass is 541 g/mol. The summed E-state index contributed by atoms with van der Waals surface area (Å²) < 4.78 is 0. The molecule has 2 amide bonds. The Morgan fingerprint density at radius 1 is 1.03 bits per heavy atom. The summed E-state index contributed by atoms with van der Waals surface area (Å²) in [5.41, 5.74) is 3.08. The van der Waals surface area contributed by atoms with Crippen molar-refractivity contribution in [2.45, 2.75) is 31.8 Å². The van der Waals surface area contributed by atoms with Gasteiger partial charge in [-0.05, 0) is 54.1 Å². The molecule has 0 N–H and O–H groups in total. The molecule has 2 aliphatic heterocycles. The normalized spacial score (nSPS) is 20.3. The van der Waals surface area contributed by atoms with Gasteiger partial charge >= 0.3 is 0 Å². The maximum Gasteiger partial charge on any atom is 0.255 e. The van der Waals surface area contributed by atoms with Gasteiger partial charge in [0, 0.05) is 55.1 Å². The fourth-order valence-electron chi connectivity index (χ4n) is 5.34. The first-order valence-electron chi connectivity index (χ1n) is 12.3. The Labute approximate surface area is 226 Å². The molecule has 1 saturated heterocycles. The Balaban J connectivity index is 1.21. The van der Waals surface area contributed by atoms with Crippen LogP contribution in [0.3, 0.4) is 0 Å². The number of benzene rings is 2. The van der Waals surface area contributed by atoms with Gasteiger partial charge in [0.2, 0.25) is 5.91 Å². The second kappa shape index (κ2) is 10.9. The minimum absolute atomic E-state index is 0.0950. The molecule has 0 saturated carbocycles. The summed E-state index contributed by atoms with van der Waals surface area (Å²) in [7, 11) is 0. The van der Waals surface area contributed by atoms with Gasteiger partial charge in [-0.2, -0.15) is 0 Å². The third-order valence-corrected chi connectivity index (χ3v) is 8.74. The summed E-state index contributed by atoms with van der Waals surface area (Å²) in [4.78, 5) is 33.9. The van der Waals surface area contributed by atoms with E-state index in [0.717, 1.165) is 13.0 Å². The Morgan fingerprint density at radius 2 is 1.83 bits per heavy atom. The molecule has 0 aliphatic carbocycles. The zero-order valence-corrected chi connectivity index (χ0v) is 22.5. The van der Waals surface area contributed by atoms with Gasteiger partial charge in [0.05, 0.1) is 16.6 Å². The minimum atomic E-state index is -0.123. The zero-order chi connectivity index (χ0) is 25.2. The summed E-state index contributed by atoms with van der Waals surface area (Å²) >= 11 is 14.1. The Morgan fingerprint density at radius 3 is 2.58 bits per heavy atom. The molecule has 5 nitrogen and oxygen atoms in total. The highest BCUT2D eigenvalue weighted by molar-refractivity contribution is 7.10. The van der Waals surface area contributed by atoms with Crippen molar-refractivity contribution in [1.82, 2.24) is 14.7 Å². The van der Waals surface area contributed by atoms with E-state index in [2.05, 4.69) is 40.6 Å². The van der Waals surface area contributed by atoms with Crippen LogP contribution in [-0.4, -0.2) is 65.3 Å². The van der Waals surface area contributed by atoms with Crippen molar-refractivity contribution in [2.75, 3.05) is 32.7 Å². The molecule has 0 bridgehead atoms. The first kappa shape index (κ1) is 25.3.